The zero-order valence-electron chi connectivity index (χ0n) is 10.6. The largest absolute Gasteiger partial charge is 0.490 e. The first-order valence-corrected chi connectivity index (χ1v) is 6.08. The zero-order chi connectivity index (χ0) is 13.8. The lowest BCUT2D eigenvalue weighted by Gasteiger charge is -2.13. The third-order valence-electron chi connectivity index (χ3n) is 3.21. The number of methoxy groups -OCH3 is 1. The van der Waals surface area contributed by atoms with Gasteiger partial charge in [-0.25, -0.2) is 4.39 Å². The Labute approximate surface area is 110 Å². The molecule has 1 aromatic carbocycles. The van der Waals surface area contributed by atoms with Crippen molar-refractivity contribution in [2.75, 3.05) is 32.1 Å². The molecule has 0 aliphatic carbocycles. The van der Waals surface area contributed by atoms with Crippen molar-refractivity contribution in [2.45, 2.75) is 6.42 Å². The van der Waals surface area contributed by atoms with Crippen molar-refractivity contribution in [1.82, 2.24) is 5.32 Å². The van der Waals surface area contributed by atoms with E-state index in [0.717, 1.165) is 25.6 Å². The van der Waals surface area contributed by atoms with E-state index in [9.17, 15) is 14.5 Å². The van der Waals surface area contributed by atoms with Crippen LogP contribution in [0.4, 0.5) is 15.8 Å². The number of nitro benzene ring substituents is 1. The van der Waals surface area contributed by atoms with E-state index in [4.69, 9.17) is 4.74 Å². The van der Waals surface area contributed by atoms with E-state index in [1.54, 1.807) is 0 Å². The highest BCUT2D eigenvalue weighted by Gasteiger charge is 2.20. The van der Waals surface area contributed by atoms with Crippen molar-refractivity contribution >= 4 is 11.4 Å². The summed E-state index contributed by atoms with van der Waals surface area (Å²) in [5.41, 5.74) is -0.137. The second-order valence-electron chi connectivity index (χ2n) is 4.50. The van der Waals surface area contributed by atoms with E-state index < -0.39 is 10.7 Å². The molecule has 1 aromatic rings. The van der Waals surface area contributed by atoms with E-state index in [1.165, 1.54) is 13.2 Å². The Morgan fingerprint density at radius 2 is 2.42 bits per heavy atom. The van der Waals surface area contributed by atoms with Gasteiger partial charge in [0.15, 0.2) is 11.6 Å². The fourth-order valence-corrected chi connectivity index (χ4v) is 2.13. The summed E-state index contributed by atoms with van der Waals surface area (Å²) >= 11 is 0. The van der Waals surface area contributed by atoms with Gasteiger partial charge in [0.25, 0.3) is 0 Å². The molecule has 1 aliphatic rings. The molecule has 2 rings (SSSR count). The van der Waals surface area contributed by atoms with Gasteiger partial charge in [0.2, 0.25) is 0 Å². The van der Waals surface area contributed by atoms with Gasteiger partial charge in [-0.2, -0.15) is 0 Å². The molecule has 1 atom stereocenters. The van der Waals surface area contributed by atoms with Crippen molar-refractivity contribution in [1.29, 1.82) is 0 Å². The Bertz CT molecular complexity index is 476. The normalized spacial score (nSPS) is 18.3. The standard InChI is InChI=1S/C12H16FN3O3/c1-19-12-5-10(9(13)4-11(12)16(17)18)15-7-8-2-3-14-6-8/h4-5,8,14-15H,2-3,6-7H2,1H3. The van der Waals surface area contributed by atoms with Gasteiger partial charge in [0.05, 0.1) is 23.8 Å². The molecule has 6 nitrogen and oxygen atoms in total. The Morgan fingerprint density at radius 1 is 1.63 bits per heavy atom. The summed E-state index contributed by atoms with van der Waals surface area (Å²) in [4.78, 5) is 10.1. The van der Waals surface area contributed by atoms with Crippen molar-refractivity contribution in [2.24, 2.45) is 5.92 Å². The molecule has 19 heavy (non-hydrogen) atoms. The van der Waals surface area contributed by atoms with Crippen molar-refractivity contribution in [3.05, 3.63) is 28.1 Å². The molecule has 1 aliphatic heterocycles. The Hall–Kier alpha value is -1.89. The minimum absolute atomic E-state index is 0.0541. The number of nitrogens with one attached hydrogen (secondary N) is 2. The number of nitro groups is 1. The molecule has 0 radical (unpaired) electrons. The first-order valence-electron chi connectivity index (χ1n) is 6.08. The molecule has 0 amide bonds. The van der Waals surface area contributed by atoms with E-state index >= 15 is 0 Å². The number of hydrogen-bond acceptors (Lipinski definition) is 5. The second kappa shape index (κ2) is 5.83. The Morgan fingerprint density at radius 3 is 3.00 bits per heavy atom. The summed E-state index contributed by atoms with van der Waals surface area (Å²) in [6, 6.07) is 2.21. The average molecular weight is 269 g/mol. The summed E-state index contributed by atoms with van der Waals surface area (Å²) < 4.78 is 18.7. The number of benzene rings is 1. The van der Waals surface area contributed by atoms with Crippen molar-refractivity contribution < 1.29 is 14.1 Å². The maximum absolute atomic E-state index is 13.8. The third kappa shape index (κ3) is 3.11. The lowest BCUT2D eigenvalue weighted by atomic mass is 10.1. The quantitative estimate of drug-likeness (QED) is 0.629. The van der Waals surface area contributed by atoms with Gasteiger partial charge < -0.3 is 15.4 Å². The predicted molar refractivity (Wildman–Crippen MR) is 69.1 cm³/mol. The number of halogens is 1. The average Bonchev–Trinajstić information content (AvgIpc) is 2.90. The van der Waals surface area contributed by atoms with Crippen LogP contribution in [0.15, 0.2) is 12.1 Å². The Balaban J connectivity index is 2.13. The van der Waals surface area contributed by atoms with Crippen LogP contribution in [-0.2, 0) is 0 Å². The van der Waals surface area contributed by atoms with Gasteiger partial charge in [-0.3, -0.25) is 10.1 Å². The van der Waals surface area contributed by atoms with E-state index in [0.29, 0.717) is 12.5 Å². The molecule has 1 heterocycles. The highest BCUT2D eigenvalue weighted by atomic mass is 19.1. The molecule has 0 spiro atoms. The molecule has 0 bridgehead atoms. The summed E-state index contributed by atoms with van der Waals surface area (Å²) in [6.45, 7) is 2.50. The number of ether oxygens (including phenoxy) is 1. The van der Waals surface area contributed by atoms with Crippen LogP contribution in [-0.4, -0.2) is 31.7 Å². The van der Waals surface area contributed by atoms with Crippen LogP contribution in [0.3, 0.4) is 0 Å². The molecule has 1 fully saturated rings. The molecule has 2 N–H and O–H groups in total. The second-order valence-corrected chi connectivity index (χ2v) is 4.50. The molecule has 0 saturated carbocycles. The van der Waals surface area contributed by atoms with Crippen LogP contribution in [0.1, 0.15) is 6.42 Å². The van der Waals surface area contributed by atoms with Gasteiger partial charge >= 0.3 is 5.69 Å². The van der Waals surface area contributed by atoms with E-state index in [1.807, 2.05) is 0 Å². The van der Waals surface area contributed by atoms with Crippen LogP contribution in [0, 0.1) is 21.8 Å². The third-order valence-corrected chi connectivity index (χ3v) is 3.21. The van der Waals surface area contributed by atoms with Gasteiger partial charge in [-0.15, -0.1) is 0 Å². The molecular formula is C12H16FN3O3. The minimum atomic E-state index is -0.660. The number of hydrogen-bond donors (Lipinski definition) is 2. The summed E-state index contributed by atoms with van der Waals surface area (Å²) in [7, 11) is 1.32. The van der Waals surface area contributed by atoms with Gasteiger partial charge in [0.1, 0.15) is 0 Å². The molecule has 1 unspecified atom stereocenters. The highest BCUT2D eigenvalue weighted by Crippen LogP contribution is 2.32. The predicted octanol–water partition coefficient (Wildman–Crippen LogP) is 1.76. The monoisotopic (exact) mass is 269 g/mol. The molecular weight excluding hydrogens is 253 g/mol. The minimum Gasteiger partial charge on any atom is -0.490 e. The molecule has 0 aromatic heterocycles. The SMILES string of the molecule is COc1cc(NCC2CCNC2)c(F)cc1[N+](=O)[O-]. The molecule has 1 saturated heterocycles. The first-order chi connectivity index (χ1) is 9.11. The zero-order valence-corrected chi connectivity index (χ0v) is 10.6. The van der Waals surface area contributed by atoms with Gasteiger partial charge in [-0.1, -0.05) is 0 Å². The summed E-state index contributed by atoms with van der Waals surface area (Å²) in [6.07, 6.45) is 1.04. The van der Waals surface area contributed by atoms with Crippen molar-refractivity contribution in [3.8, 4) is 5.75 Å². The van der Waals surface area contributed by atoms with E-state index in [-0.39, 0.29) is 17.1 Å². The lowest BCUT2D eigenvalue weighted by Crippen LogP contribution is -2.17. The van der Waals surface area contributed by atoms with Crippen LogP contribution in [0.5, 0.6) is 5.75 Å². The summed E-state index contributed by atoms with van der Waals surface area (Å²) in [5, 5.41) is 16.9. The fraction of sp³-hybridized carbons (Fsp3) is 0.500. The van der Waals surface area contributed by atoms with Crippen LogP contribution in [0.25, 0.3) is 0 Å². The van der Waals surface area contributed by atoms with Gasteiger partial charge in [-0.05, 0) is 25.4 Å². The number of anilines is 1. The topological polar surface area (TPSA) is 76.4 Å². The van der Waals surface area contributed by atoms with Crippen LogP contribution < -0.4 is 15.4 Å². The van der Waals surface area contributed by atoms with Crippen molar-refractivity contribution in [3.63, 3.8) is 0 Å². The van der Waals surface area contributed by atoms with Crippen LogP contribution in [0.2, 0.25) is 0 Å². The number of nitrogens with zero attached hydrogens (tertiary/aromatic N) is 1. The maximum Gasteiger partial charge on any atom is 0.313 e. The van der Waals surface area contributed by atoms with Gasteiger partial charge in [0, 0.05) is 12.6 Å². The summed E-state index contributed by atoms with van der Waals surface area (Å²) in [5.74, 6) is -0.141. The molecule has 7 heteroatoms. The Kier molecular flexibility index (Phi) is 4.16. The fourth-order valence-electron chi connectivity index (χ4n) is 2.13. The molecule has 104 valence electrons. The maximum atomic E-state index is 13.8. The lowest BCUT2D eigenvalue weighted by molar-refractivity contribution is -0.385. The highest BCUT2D eigenvalue weighted by molar-refractivity contribution is 5.59. The number of rotatable bonds is 5. The first kappa shape index (κ1) is 13.5. The van der Waals surface area contributed by atoms with E-state index in [2.05, 4.69) is 10.6 Å². The van der Waals surface area contributed by atoms with Crippen LogP contribution >= 0.6 is 0 Å². The smallest absolute Gasteiger partial charge is 0.313 e.